The van der Waals surface area contributed by atoms with Crippen LogP contribution in [0.4, 0.5) is 4.39 Å². The lowest BCUT2D eigenvalue weighted by molar-refractivity contribution is -0.126. The van der Waals surface area contributed by atoms with Crippen LogP contribution in [0.1, 0.15) is 49.3 Å². The van der Waals surface area contributed by atoms with Crippen LogP contribution in [-0.2, 0) is 6.54 Å². The van der Waals surface area contributed by atoms with Gasteiger partial charge in [0.1, 0.15) is 5.82 Å². The molecule has 0 amide bonds. The van der Waals surface area contributed by atoms with Crippen LogP contribution in [-0.4, -0.2) is 43.5 Å². The number of halogens is 1. The van der Waals surface area contributed by atoms with Crippen molar-refractivity contribution in [1.82, 2.24) is 4.90 Å². The Morgan fingerprint density at radius 3 is 2.39 bits per heavy atom. The van der Waals surface area contributed by atoms with Gasteiger partial charge in [-0.3, -0.25) is 4.90 Å². The van der Waals surface area contributed by atoms with Gasteiger partial charge >= 0.3 is 0 Å². The molecule has 3 atom stereocenters. The van der Waals surface area contributed by atoms with Crippen molar-refractivity contribution < 1.29 is 23.7 Å². The molecule has 1 N–H and O–H groups in total. The van der Waals surface area contributed by atoms with E-state index in [1.54, 1.807) is 27.4 Å². The molecule has 31 heavy (non-hydrogen) atoms. The lowest BCUT2D eigenvalue weighted by Gasteiger charge is -2.53. The Morgan fingerprint density at radius 1 is 1.03 bits per heavy atom. The number of piperidine rings is 1. The molecule has 0 aromatic heterocycles. The number of methoxy groups -OCH3 is 3. The zero-order chi connectivity index (χ0) is 22.0. The third kappa shape index (κ3) is 4.11. The van der Waals surface area contributed by atoms with Gasteiger partial charge in [-0.05, 0) is 43.0 Å². The summed E-state index contributed by atoms with van der Waals surface area (Å²) in [5.74, 6) is 1.59. The van der Waals surface area contributed by atoms with E-state index in [2.05, 4.69) is 4.90 Å². The standard InChI is InChI=1S/C25H32FNO4/c1-29-21-14-18(15-22(30-2)24(21)31-3)23-19-9-6-7-11-25(19,28)12-13-27(23)16-17-8-4-5-10-20(17)26/h4-5,8,10,14-15,19,23,28H,6-7,9,11-13,16H2,1-3H3/t19-,23+,25+/m0/s1. The predicted octanol–water partition coefficient (Wildman–Crippen LogP) is 4.72. The minimum atomic E-state index is -0.699. The minimum Gasteiger partial charge on any atom is -0.493 e. The number of fused-ring (bicyclic) bond motifs is 1. The SMILES string of the molecule is COc1cc([C@@H]2[C@@H]3CCCC[C@@]3(O)CCN2Cc2ccccc2F)cc(OC)c1OC. The summed E-state index contributed by atoms with van der Waals surface area (Å²) in [7, 11) is 4.80. The van der Waals surface area contributed by atoms with Crippen LogP contribution in [0, 0.1) is 11.7 Å². The minimum absolute atomic E-state index is 0.0598. The van der Waals surface area contributed by atoms with Crippen molar-refractivity contribution in [3.05, 3.63) is 53.3 Å². The zero-order valence-electron chi connectivity index (χ0n) is 18.6. The number of nitrogens with zero attached hydrogens (tertiary/aromatic N) is 1. The van der Waals surface area contributed by atoms with Gasteiger partial charge in [-0.1, -0.05) is 31.0 Å². The molecular weight excluding hydrogens is 397 g/mol. The molecule has 1 aliphatic heterocycles. The number of hydrogen-bond donors (Lipinski definition) is 1. The molecule has 2 aromatic rings. The average Bonchev–Trinajstić information content (AvgIpc) is 2.79. The van der Waals surface area contributed by atoms with Crippen LogP contribution in [0.2, 0.25) is 0 Å². The number of ether oxygens (including phenoxy) is 3. The highest BCUT2D eigenvalue weighted by Gasteiger charge is 2.49. The number of likely N-dealkylation sites (tertiary alicyclic amines) is 1. The monoisotopic (exact) mass is 429 g/mol. The largest absolute Gasteiger partial charge is 0.493 e. The van der Waals surface area contributed by atoms with Gasteiger partial charge in [0.25, 0.3) is 0 Å². The highest BCUT2D eigenvalue weighted by atomic mass is 19.1. The molecule has 0 radical (unpaired) electrons. The molecule has 0 spiro atoms. The molecule has 6 heteroatoms. The fourth-order valence-electron chi connectivity index (χ4n) is 5.48. The van der Waals surface area contributed by atoms with Crippen molar-refractivity contribution in [2.75, 3.05) is 27.9 Å². The highest BCUT2D eigenvalue weighted by molar-refractivity contribution is 5.54. The highest BCUT2D eigenvalue weighted by Crippen LogP contribution is 2.51. The quantitative estimate of drug-likeness (QED) is 0.720. The van der Waals surface area contributed by atoms with Crippen LogP contribution >= 0.6 is 0 Å². The van der Waals surface area contributed by atoms with E-state index in [1.807, 2.05) is 24.3 Å². The fourth-order valence-corrected chi connectivity index (χ4v) is 5.48. The molecule has 2 aliphatic rings. The van der Waals surface area contributed by atoms with E-state index < -0.39 is 5.60 Å². The number of benzene rings is 2. The van der Waals surface area contributed by atoms with E-state index >= 15 is 0 Å². The summed E-state index contributed by atoms with van der Waals surface area (Å²) in [4.78, 5) is 2.30. The van der Waals surface area contributed by atoms with E-state index in [4.69, 9.17) is 14.2 Å². The summed E-state index contributed by atoms with van der Waals surface area (Å²) >= 11 is 0. The molecule has 1 heterocycles. The molecule has 0 unspecified atom stereocenters. The zero-order valence-corrected chi connectivity index (χ0v) is 18.6. The molecule has 4 rings (SSSR count). The van der Waals surface area contributed by atoms with Gasteiger partial charge < -0.3 is 19.3 Å². The molecule has 5 nitrogen and oxygen atoms in total. The van der Waals surface area contributed by atoms with Crippen molar-refractivity contribution >= 4 is 0 Å². The molecule has 168 valence electrons. The second kappa shape index (κ2) is 9.05. The summed E-state index contributed by atoms with van der Waals surface area (Å²) in [5, 5.41) is 11.5. The van der Waals surface area contributed by atoms with Crippen molar-refractivity contribution in [3.63, 3.8) is 0 Å². The Morgan fingerprint density at radius 2 is 1.74 bits per heavy atom. The molecule has 2 fully saturated rings. The van der Waals surface area contributed by atoms with Gasteiger partial charge in [0.2, 0.25) is 5.75 Å². The maximum absolute atomic E-state index is 14.5. The number of hydrogen-bond acceptors (Lipinski definition) is 5. The van der Waals surface area contributed by atoms with Gasteiger partial charge in [-0.15, -0.1) is 0 Å². The first-order valence-corrected chi connectivity index (χ1v) is 11.0. The van der Waals surface area contributed by atoms with E-state index in [0.29, 0.717) is 42.3 Å². The smallest absolute Gasteiger partial charge is 0.203 e. The van der Waals surface area contributed by atoms with Crippen molar-refractivity contribution in [3.8, 4) is 17.2 Å². The Labute approximate surface area is 183 Å². The summed E-state index contributed by atoms with van der Waals surface area (Å²) in [6.07, 6.45) is 4.58. The first-order chi connectivity index (χ1) is 15.0. The molecule has 1 saturated carbocycles. The van der Waals surface area contributed by atoms with Gasteiger partial charge in [0.15, 0.2) is 11.5 Å². The molecule has 1 aliphatic carbocycles. The van der Waals surface area contributed by atoms with E-state index in [1.165, 1.54) is 6.07 Å². The molecular formula is C25H32FNO4. The van der Waals surface area contributed by atoms with Crippen molar-refractivity contribution in [2.24, 2.45) is 5.92 Å². The molecule has 0 bridgehead atoms. The number of rotatable bonds is 6. The predicted molar refractivity (Wildman–Crippen MR) is 117 cm³/mol. The topological polar surface area (TPSA) is 51.2 Å². The van der Waals surface area contributed by atoms with Crippen molar-refractivity contribution in [2.45, 2.75) is 50.3 Å². The van der Waals surface area contributed by atoms with E-state index in [9.17, 15) is 9.50 Å². The van der Waals surface area contributed by atoms with Crippen LogP contribution in [0.25, 0.3) is 0 Å². The number of aliphatic hydroxyl groups is 1. The van der Waals surface area contributed by atoms with Crippen LogP contribution in [0.15, 0.2) is 36.4 Å². The summed E-state index contributed by atoms with van der Waals surface area (Å²) in [6, 6.07) is 10.8. The maximum Gasteiger partial charge on any atom is 0.203 e. The van der Waals surface area contributed by atoms with Crippen LogP contribution in [0.5, 0.6) is 17.2 Å². The second-order valence-corrected chi connectivity index (χ2v) is 8.67. The Hall–Kier alpha value is -2.31. The van der Waals surface area contributed by atoms with E-state index in [-0.39, 0.29) is 17.8 Å². The Bertz CT molecular complexity index is 895. The fraction of sp³-hybridized carbons (Fsp3) is 0.520. The lowest BCUT2D eigenvalue weighted by atomic mass is 9.66. The summed E-state index contributed by atoms with van der Waals surface area (Å²) in [6.45, 7) is 1.18. The Balaban J connectivity index is 1.79. The third-order valence-electron chi connectivity index (χ3n) is 7.03. The Kier molecular flexibility index (Phi) is 6.39. The van der Waals surface area contributed by atoms with Crippen LogP contribution < -0.4 is 14.2 Å². The first kappa shape index (κ1) is 21.9. The first-order valence-electron chi connectivity index (χ1n) is 11.0. The van der Waals surface area contributed by atoms with Crippen LogP contribution in [0.3, 0.4) is 0 Å². The van der Waals surface area contributed by atoms with Gasteiger partial charge in [0, 0.05) is 30.6 Å². The van der Waals surface area contributed by atoms with E-state index in [0.717, 1.165) is 31.2 Å². The average molecular weight is 430 g/mol. The lowest BCUT2D eigenvalue weighted by Crippen LogP contribution is -2.54. The van der Waals surface area contributed by atoms with Gasteiger partial charge in [0.05, 0.1) is 26.9 Å². The molecule has 1 saturated heterocycles. The van der Waals surface area contributed by atoms with Crippen molar-refractivity contribution in [1.29, 1.82) is 0 Å². The second-order valence-electron chi connectivity index (χ2n) is 8.67. The van der Waals surface area contributed by atoms with Gasteiger partial charge in [-0.2, -0.15) is 0 Å². The normalized spacial score (nSPS) is 26.2. The summed E-state index contributed by atoms with van der Waals surface area (Å²) < 4.78 is 31.2. The maximum atomic E-state index is 14.5. The van der Waals surface area contributed by atoms with Gasteiger partial charge in [-0.25, -0.2) is 4.39 Å². The summed E-state index contributed by atoms with van der Waals surface area (Å²) in [5.41, 5.74) is 0.965. The molecule has 2 aromatic carbocycles. The third-order valence-corrected chi connectivity index (χ3v) is 7.03.